The van der Waals surface area contributed by atoms with E-state index in [4.69, 9.17) is 18.9 Å². The summed E-state index contributed by atoms with van der Waals surface area (Å²) in [4.78, 5) is 155. The lowest BCUT2D eigenvalue weighted by molar-refractivity contribution is -0.141. The Kier molecular flexibility index (Phi) is 23.0. The van der Waals surface area contributed by atoms with Crippen LogP contribution in [0, 0.1) is 98.7 Å². The Bertz CT molecular complexity index is 4790. The SMILES string of the molecule is CCN1C(=O)C2CC3C(=O)N(C)C(=O)C3CC2C1=O.COc1ccc(N2C(=O)C3CC4C(=O)N(C)C(=O)C4CC3C2=O)cc1.COc1ccc(N2C(=O)C3CC4C(=O)N(C)C(=O)C4CC3C2=O)cc1.Cc1ccc(Oc2ccc(-c3ccc(C)cc3)cc2)cc1.Cc1ccc(Oc2ccc(C(C)(C)c3ccc(C)cc3)cc2)cc1. The molecular weight excluding hydrogens is 1450 g/mol. The third-order valence-electron chi connectivity index (χ3n) is 24.2. The van der Waals surface area contributed by atoms with E-state index in [-0.39, 0.29) is 102 Å². The van der Waals surface area contributed by atoms with Gasteiger partial charge in [-0.05, 0) is 192 Å². The van der Waals surface area contributed by atoms with Gasteiger partial charge in [0.2, 0.25) is 70.9 Å². The topological polar surface area (TPSA) is 261 Å². The molecule has 3 aliphatic carbocycles. The fourth-order valence-electron chi connectivity index (χ4n) is 17.4. The van der Waals surface area contributed by atoms with Gasteiger partial charge in [-0.25, -0.2) is 0 Å². The van der Waals surface area contributed by atoms with Crippen molar-refractivity contribution >= 4 is 82.3 Å². The van der Waals surface area contributed by atoms with Crippen molar-refractivity contribution in [2.75, 3.05) is 51.7 Å². The average Bonchev–Trinajstić information content (AvgIpc) is 1.59. The number of anilines is 2. The van der Waals surface area contributed by atoms with Crippen LogP contribution < -0.4 is 28.7 Å². The molecule has 0 aromatic heterocycles. The number of nitrogens with zero attached hydrogens (tertiary/aromatic N) is 6. The number of methoxy groups -OCH3 is 2. The van der Waals surface area contributed by atoms with E-state index in [1.165, 1.54) is 80.4 Å². The van der Waals surface area contributed by atoms with Crippen LogP contribution in [0.3, 0.4) is 0 Å². The monoisotopic (exact) mass is 1540 g/mol. The van der Waals surface area contributed by atoms with Crippen molar-refractivity contribution in [3.05, 3.63) is 228 Å². The Hall–Kier alpha value is -12.2. The molecule has 6 aliphatic heterocycles. The van der Waals surface area contributed by atoms with Gasteiger partial charge in [-0.2, -0.15) is 0 Å². The van der Waals surface area contributed by atoms with Crippen LogP contribution in [0.4, 0.5) is 11.4 Å². The number of imide groups is 6. The highest BCUT2D eigenvalue weighted by Gasteiger charge is 2.62. The summed E-state index contributed by atoms with van der Waals surface area (Å²) in [6, 6.07) is 63.5. The summed E-state index contributed by atoms with van der Waals surface area (Å²) < 4.78 is 22.0. The summed E-state index contributed by atoms with van der Waals surface area (Å²) in [6.07, 6.45) is 1.74. The number of aryl methyl sites for hydroxylation is 4. The summed E-state index contributed by atoms with van der Waals surface area (Å²) in [5.41, 5.74) is 11.0. The minimum absolute atomic E-state index is 0.0317. The first-order valence-corrected chi connectivity index (χ1v) is 38.7. The number of ether oxygens (including phenoxy) is 4. The molecule has 0 N–H and O–H groups in total. The second-order valence-electron chi connectivity index (χ2n) is 31.5. The highest BCUT2D eigenvalue weighted by Crippen LogP contribution is 2.51. The van der Waals surface area contributed by atoms with E-state index in [1.807, 2.05) is 48.5 Å². The van der Waals surface area contributed by atoms with E-state index < -0.39 is 71.0 Å². The van der Waals surface area contributed by atoms with Gasteiger partial charge in [-0.15, -0.1) is 0 Å². The smallest absolute Gasteiger partial charge is 0.237 e. The lowest BCUT2D eigenvalue weighted by Gasteiger charge is -2.28. The molecule has 17 rings (SSSR count). The Morgan fingerprint density at radius 1 is 0.281 bits per heavy atom. The number of benzene rings is 8. The van der Waals surface area contributed by atoms with Crippen molar-refractivity contribution in [1.29, 1.82) is 0 Å². The minimum Gasteiger partial charge on any atom is -0.497 e. The summed E-state index contributed by atoms with van der Waals surface area (Å²) in [5.74, 6) is -3.80. The molecule has 12 atom stereocenters. The zero-order chi connectivity index (χ0) is 81.5. The molecule has 0 radical (unpaired) electrons. The number of likely N-dealkylation sites (tertiary alicyclic amines) is 4. The van der Waals surface area contributed by atoms with Crippen LogP contribution in [-0.4, -0.2) is 132 Å². The molecule has 8 aromatic rings. The van der Waals surface area contributed by atoms with Crippen LogP contribution >= 0.6 is 0 Å². The second kappa shape index (κ2) is 32.9. The van der Waals surface area contributed by atoms with Crippen LogP contribution in [0.5, 0.6) is 34.5 Å². The fraction of sp³-hybridized carbons (Fsp3) is 0.348. The van der Waals surface area contributed by atoms with Crippen molar-refractivity contribution < 1.29 is 76.5 Å². The molecule has 6 heterocycles. The van der Waals surface area contributed by atoms with Gasteiger partial charge >= 0.3 is 0 Å². The van der Waals surface area contributed by atoms with Crippen LogP contribution in [-0.2, 0) is 62.9 Å². The maximum absolute atomic E-state index is 12.8. The van der Waals surface area contributed by atoms with Gasteiger partial charge in [-0.3, -0.25) is 86.9 Å². The Morgan fingerprint density at radius 3 is 0.746 bits per heavy atom. The Labute approximate surface area is 663 Å². The summed E-state index contributed by atoms with van der Waals surface area (Å²) >= 11 is 0. The number of carbonyl (C=O) groups is 12. The number of hydrogen-bond acceptors (Lipinski definition) is 16. The molecule has 12 amide bonds. The third kappa shape index (κ3) is 15.6. The van der Waals surface area contributed by atoms with Gasteiger partial charge in [0.25, 0.3) is 0 Å². The number of rotatable bonds is 12. The van der Waals surface area contributed by atoms with Gasteiger partial charge in [0.1, 0.15) is 34.5 Å². The van der Waals surface area contributed by atoms with Crippen LogP contribution in [0.15, 0.2) is 194 Å². The molecule has 3 saturated carbocycles. The van der Waals surface area contributed by atoms with Crippen LogP contribution in [0.2, 0.25) is 0 Å². The fourth-order valence-corrected chi connectivity index (χ4v) is 17.4. The van der Waals surface area contributed by atoms with E-state index >= 15 is 0 Å². The first kappa shape index (κ1) is 79.9. The quantitative estimate of drug-likeness (QED) is 0.103. The van der Waals surface area contributed by atoms with Gasteiger partial charge < -0.3 is 18.9 Å². The van der Waals surface area contributed by atoms with Crippen molar-refractivity contribution in [3.63, 3.8) is 0 Å². The number of fused-ring (bicyclic) bond motifs is 6. The number of amides is 12. The molecule has 114 heavy (non-hydrogen) atoms. The molecule has 8 aromatic carbocycles. The largest absolute Gasteiger partial charge is 0.497 e. The summed E-state index contributed by atoms with van der Waals surface area (Å²) in [6.45, 7) is 15.0. The molecular formula is C92H94N6O16. The first-order chi connectivity index (χ1) is 54.5. The molecule has 9 aliphatic rings. The van der Waals surface area contributed by atoms with Crippen LogP contribution in [0.25, 0.3) is 11.1 Å². The van der Waals surface area contributed by atoms with Gasteiger partial charge in [-0.1, -0.05) is 133 Å². The molecule has 12 unspecified atom stereocenters. The average molecular weight is 1540 g/mol. The highest BCUT2D eigenvalue weighted by molar-refractivity contribution is 6.24. The van der Waals surface area contributed by atoms with E-state index in [0.29, 0.717) is 42.3 Å². The molecule has 588 valence electrons. The lowest BCUT2D eigenvalue weighted by Crippen LogP contribution is -2.35. The summed E-state index contributed by atoms with van der Waals surface area (Å²) in [5, 5.41) is 0. The van der Waals surface area contributed by atoms with Gasteiger partial charge in [0.05, 0.1) is 96.6 Å². The third-order valence-corrected chi connectivity index (χ3v) is 24.2. The highest BCUT2D eigenvalue weighted by atomic mass is 16.5. The minimum atomic E-state index is -0.529. The Balaban J connectivity index is 0.000000125. The molecule has 22 heteroatoms. The van der Waals surface area contributed by atoms with Gasteiger partial charge in [0.15, 0.2) is 0 Å². The molecule has 22 nitrogen and oxygen atoms in total. The maximum Gasteiger partial charge on any atom is 0.237 e. The standard InChI is InChI=1S/C23H24O.C20H18O.2C18H18N2O5.C13H16N2O4/c1-17-5-9-19(10-6-17)23(3,4)20-11-15-22(16-12-20)24-21-13-7-18(2)8-14-21;1-15-3-7-17(8-4-15)18-9-13-20(14-10-18)21-19-11-5-16(2)6-12-19;2*1-19-15(21)11-7-13-14(8-12(11)16(19)22)18(24)20(17(13)23)9-3-5-10(25-2)6-4-9;1-3-15-12(18)8-4-6-7(5-9(8)13(15)19)11(17)14(2)10(6)16/h5-16H,1-4H3;3-14H,1-2H3;2*3-6,11-14H,7-8H2,1-2H3;6-9H,3-5H2,1-2H3. The van der Waals surface area contributed by atoms with E-state index in [2.05, 4.69) is 139 Å². The van der Waals surface area contributed by atoms with Crippen molar-refractivity contribution in [2.45, 2.75) is 92.4 Å². The normalized spacial score (nSPS) is 24.4. The Morgan fingerprint density at radius 2 is 0.482 bits per heavy atom. The summed E-state index contributed by atoms with van der Waals surface area (Å²) in [7, 11) is 7.48. The first-order valence-electron chi connectivity index (χ1n) is 38.7. The lowest BCUT2D eigenvalue weighted by atomic mass is 9.70. The van der Waals surface area contributed by atoms with E-state index in [0.717, 1.165) is 37.7 Å². The number of hydrogen-bond donors (Lipinski definition) is 0. The van der Waals surface area contributed by atoms with Crippen molar-refractivity contribution in [2.24, 2.45) is 71.0 Å². The predicted molar refractivity (Wildman–Crippen MR) is 425 cm³/mol. The van der Waals surface area contributed by atoms with E-state index in [9.17, 15) is 57.5 Å². The van der Waals surface area contributed by atoms with Crippen LogP contribution in [0.1, 0.15) is 92.7 Å². The molecule has 0 spiro atoms. The second-order valence-corrected chi connectivity index (χ2v) is 31.5. The zero-order valence-electron chi connectivity index (χ0n) is 66.1. The molecule has 6 saturated heterocycles. The van der Waals surface area contributed by atoms with Crippen molar-refractivity contribution in [1.82, 2.24) is 19.6 Å². The molecule has 0 bridgehead atoms. The zero-order valence-corrected chi connectivity index (χ0v) is 66.1. The molecule has 9 fully saturated rings. The van der Waals surface area contributed by atoms with Crippen molar-refractivity contribution in [3.8, 4) is 45.6 Å². The number of carbonyl (C=O) groups excluding carboxylic acids is 12. The van der Waals surface area contributed by atoms with E-state index in [1.54, 1.807) is 69.7 Å². The van der Waals surface area contributed by atoms with Gasteiger partial charge in [0, 0.05) is 33.1 Å². The predicted octanol–water partition coefficient (Wildman–Crippen LogP) is 13.5. The maximum atomic E-state index is 12.8.